The summed E-state index contributed by atoms with van der Waals surface area (Å²) in [6, 6.07) is 0.441. The van der Waals surface area contributed by atoms with Gasteiger partial charge in [0.25, 0.3) is 0 Å². The molecule has 1 aromatic heterocycles. The maximum atomic E-state index is 13.9. The number of nitrogens with zero attached hydrogens (tertiary/aromatic N) is 3. The minimum atomic E-state index is -0.351. The monoisotopic (exact) mass is 250 g/mol. The zero-order chi connectivity index (χ0) is 12.5. The van der Waals surface area contributed by atoms with Gasteiger partial charge >= 0.3 is 0 Å². The lowest BCUT2D eigenvalue weighted by Crippen LogP contribution is -2.47. The Balaban J connectivity index is 1.91. The second kappa shape index (κ2) is 4.71. The molecule has 1 saturated carbocycles. The van der Waals surface area contributed by atoms with Crippen molar-refractivity contribution >= 4 is 11.8 Å². The topological polar surface area (TPSA) is 55.0 Å². The average Bonchev–Trinajstić information content (AvgIpc) is 2.41. The van der Waals surface area contributed by atoms with E-state index in [-0.39, 0.29) is 11.8 Å². The van der Waals surface area contributed by atoms with Crippen LogP contribution in [0.15, 0.2) is 6.20 Å². The van der Waals surface area contributed by atoms with Crippen molar-refractivity contribution < 1.29 is 4.39 Å². The Labute approximate surface area is 106 Å². The fraction of sp³-hybridized carbons (Fsp3) is 0.692. The number of nitrogens with two attached hydrogens (primary N) is 1. The van der Waals surface area contributed by atoms with Crippen LogP contribution in [-0.4, -0.2) is 22.6 Å². The van der Waals surface area contributed by atoms with Crippen molar-refractivity contribution in [3.8, 4) is 0 Å². The zero-order valence-electron chi connectivity index (χ0n) is 10.5. The summed E-state index contributed by atoms with van der Waals surface area (Å²) in [7, 11) is 0. The van der Waals surface area contributed by atoms with Crippen molar-refractivity contribution in [2.75, 3.05) is 17.2 Å². The van der Waals surface area contributed by atoms with E-state index in [1.807, 2.05) is 0 Å². The van der Waals surface area contributed by atoms with E-state index in [1.165, 1.54) is 31.9 Å². The van der Waals surface area contributed by atoms with Crippen molar-refractivity contribution in [2.24, 2.45) is 5.92 Å². The fourth-order valence-electron chi connectivity index (χ4n) is 3.46. The molecule has 98 valence electrons. The maximum Gasteiger partial charge on any atom is 0.222 e. The SMILES string of the molecule is Nc1ncc(F)c(N2CCCC3CCCCC32)n1. The molecule has 5 heteroatoms. The lowest BCUT2D eigenvalue weighted by atomic mass is 9.78. The van der Waals surface area contributed by atoms with Crippen LogP contribution in [0.25, 0.3) is 0 Å². The number of rotatable bonds is 1. The Morgan fingerprint density at radius 3 is 2.89 bits per heavy atom. The molecule has 18 heavy (non-hydrogen) atoms. The van der Waals surface area contributed by atoms with E-state index in [1.54, 1.807) is 0 Å². The van der Waals surface area contributed by atoms with Gasteiger partial charge in [-0.05, 0) is 31.6 Å². The second-order valence-corrected chi connectivity index (χ2v) is 5.35. The van der Waals surface area contributed by atoms with E-state index in [0.717, 1.165) is 19.4 Å². The van der Waals surface area contributed by atoms with Crippen LogP contribution >= 0.6 is 0 Å². The molecule has 1 saturated heterocycles. The highest BCUT2D eigenvalue weighted by molar-refractivity contribution is 5.44. The minimum Gasteiger partial charge on any atom is -0.368 e. The third kappa shape index (κ3) is 2.02. The van der Waals surface area contributed by atoms with E-state index in [9.17, 15) is 4.39 Å². The molecule has 4 nitrogen and oxygen atoms in total. The lowest BCUT2D eigenvalue weighted by molar-refractivity contribution is 0.241. The first-order valence-electron chi connectivity index (χ1n) is 6.80. The van der Waals surface area contributed by atoms with Gasteiger partial charge in [-0.25, -0.2) is 9.37 Å². The molecule has 0 spiro atoms. The van der Waals surface area contributed by atoms with E-state index < -0.39 is 0 Å². The Kier molecular flexibility index (Phi) is 3.06. The zero-order valence-corrected chi connectivity index (χ0v) is 10.5. The molecular weight excluding hydrogens is 231 g/mol. The number of nitrogen functional groups attached to an aromatic ring is 1. The van der Waals surface area contributed by atoms with Crippen LogP contribution in [0.4, 0.5) is 16.2 Å². The Morgan fingerprint density at radius 2 is 2.00 bits per heavy atom. The standard InChI is InChI=1S/C13H19FN4/c14-10-8-16-13(15)17-12(10)18-7-3-5-9-4-1-2-6-11(9)18/h8-9,11H,1-7H2,(H2,15,16,17). The lowest BCUT2D eigenvalue weighted by Gasteiger charge is -2.44. The summed E-state index contributed by atoms with van der Waals surface area (Å²) in [6.45, 7) is 0.883. The van der Waals surface area contributed by atoms with Crippen LogP contribution in [0.2, 0.25) is 0 Å². The number of fused-ring (bicyclic) bond motifs is 1. The number of hydrogen-bond donors (Lipinski definition) is 1. The molecule has 1 aromatic rings. The highest BCUT2D eigenvalue weighted by Gasteiger charge is 2.35. The smallest absolute Gasteiger partial charge is 0.222 e. The van der Waals surface area contributed by atoms with Gasteiger partial charge in [-0.3, -0.25) is 0 Å². The average molecular weight is 250 g/mol. The molecule has 2 aliphatic rings. The van der Waals surface area contributed by atoms with Crippen LogP contribution in [0.5, 0.6) is 0 Å². The van der Waals surface area contributed by atoms with Gasteiger partial charge in [0, 0.05) is 12.6 Å². The minimum absolute atomic E-state index is 0.157. The van der Waals surface area contributed by atoms with Gasteiger partial charge in [0.05, 0.1) is 6.20 Å². The molecule has 2 heterocycles. The van der Waals surface area contributed by atoms with E-state index in [2.05, 4.69) is 14.9 Å². The first-order chi connectivity index (χ1) is 8.75. The maximum absolute atomic E-state index is 13.9. The fourth-order valence-corrected chi connectivity index (χ4v) is 3.46. The van der Waals surface area contributed by atoms with Crippen LogP contribution in [0, 0.1) is 11.7 Å². The molecule has 0 bridgehead atoms. The van der Waals surface area contributed by atoms with Gasteiger partial charge in [0.2, 0.25) is 5.95 Å². The number of aromatic nitrogens is 2. The number of anilines is 2. The predicted molar refractivity (Wildman–Crippen MR) is 68.7 cm³/mol. The summed E-state index contributed by atoms with van der Waals surface area (Å²) in [5, 5.41) is 0. The Bertz CT molecular complexity index is 435. The quantitative estimate of drug-likeness (QED) is 0.831. The van der Waals surface area contributed by atoms with Gasteiger partial charge in [-0.2, -0.15) is 4.98 Å². The van der Waals surface area contributed by atoms with E-state index in [0.29, 0.717) is 17.8 Å². The van der Waals surface area contributed by atoms with Crippen LogP contribution < -0.4 is 10.6 Å². The Morgan fingerprint density at radius 1 is 1.22 bits per heavy atom. The van der Waals surface area contributed by atoms with Crippen molar-refractivity contribution in [2.45, 2.75) is 44.6 Å². The summed E-state index contributed by atoms with van der Waals surface area (Å²) < 4.78 is 13.9. The normalized spacial score (nSPS) is 27.9. The van der Waals surface area contributed by atoms with Crippen LogP contribution in [-0.2, 0) is 0 Å². The molecule has 2 fully saturated rings. The molecule has 2 N–H and O–H groups in total. The molecule has 0 radical (unpaired) electrons. The van der Waals surface area contributed by atoms with Crippen molar-refractivity contribution in [3.05, 3.63) is 12.0 Å². The van der Waals surface area contributed by atoms with Crippen molar-refractivity contribution in [1.29, 1.82) is 0 Å². The van der Waals surface area contributed by atoms with Gasteiger partial charge in [-0.15, -0.1) is 0 Å². The second-order valence-electron chi connectivity index (χ2n) is 5.35. The molecule has 1 aliphatic carbocycles. The molecule has 3 rings (SSSR count). The largest absolute Gasteiger partial charge is 0.368 e. The molecule has 0 amide bonds. The molecular formula is C13H19FN4. The van der Waals surface area contributed by atoms with Gasteiger partial charge < -0.3 is 10.6 Å². The van der Waals surface area contributed by atoms with Gasteiger partial charge in [0.1, 0.15) is 0 Å². The highest BCUT2D eigenvalue weighted by atomic mass is 19.1. The first-order valence-corrected chi connectivity index (χ1v) is 6.80. The first kappa shape index (κ1) is 11.7. The third-order valence-electron chi connectivity index (χ3n) is 4.26. The summed E-state index contributed by atoms with van der Waals surface area (Å²) in [5.74, 6) is 0.905. The number of halogens is 1. The van der Waals surface area contributed by atoms with Crippen LogP contribution in [0.3, 0.4) is 0 Å². The van der Waals surface area contributed by atoms with Crippen molar-refractivity contribution in [3.63, 3.8) is 0 Å². The molecule has 1 aliphatic heterocycles. The third-order valence-corrected chi connectivity index (χ3v) is 4.26. The van der Waals surface area contributed by atoms with Crippen molar-refractivity contribution in [1.82, 2.24) is 9.97 Å². The van der Waals surface area contributed by atoms with Gasteiger partial charge in [-0.1, -0.05) is 12.8 Å². The number of piperidine rings is 1. The highest BCUT2D eigenvalue weighted by Crippen LogP contribution is 2.37. The van der Waals surface area contributed by atoms with E-state index in [4.69, 9.17) is 5.73 Å². The van der Waals surface area contributed by atoms with Gasteiger partial charge in [0.15, 0.2) is 11.6 Å². The van der Waals surface area contributed by atoms with E-state index >= 15 is 0 Å². The molecule has 2 unspecified atom stereocenters. The summed E-state index contributed by atoms with van der Waals surface area (Å²) in [6.07, 6.45) is 8.53. The summed E-state index contributed by atoms with van der Waals surface area (Å²) in [5.41, 5.74) is 5.59. The molecule has 0 aromatic carbocycles. The Hall–Kier alpha value is -1.39. The summed E-state index contributed by atoms with van der Waals surface area (Å²) >= 11 is 0. The van der Waals surface area contributed by atoms with Crippen LogP contribution in [0.1, 0.15) is 38.5 Å². The number of hydrogen-bond acceptors (Lipinski definition) is 4. The molecule has 2 atom stereocenters. The summed E-state index contributed by atoms with van der Waals surface area (Å²) in [4.78, 5) is 9.93. The predicted octanol–water partition coefficient (Wildman–Crippen LogP) is 2.36.